The fourth-order valence-corrected chi connectivity index (χ4v) is 4.59. The highest BCUT2D eigenvalue weighted by molar-refractivity contribution is 6.06. The lowest BCUT2D eigenvalue weighted by atomic mass is 9.73. The van der Waals surface area contributed by atoms with Crippen LogP contribution in [-0.4, -0.2) is 41.3 Å². The predicted octanol–water partition coefficient (Wildman–Crippen LogP) is 3.79. The largest absolute Gasteiger partial charge is 0.284 e. The van der Waals surface area contributed by atoms with Crippen molar-refractivity contribution in [3.8, 4) is 0 Å². The Morgan fingerprint density at radius 1 is 0.960 bits per heavy atom. The zero-order valence-electron chi connectivity index (χ0n) is 15.3. The molecule has 4 nitrogen and oxygen atoms in total. The molecule has 134 valence electrons. The molecule has 25 heavy (non-hydrogen) atoms. The quantitative estimate of drug-likeness (QED) is 0.840. The van der Waals surface area contributed by atoms with E-state index in [9.17, 15) is 4.79 Å². The summed E-state index contributed by atoms with van der Waals surface area (Å²) in [5, 5.41) is 6.68. The highest BCUT2D eigenvalue weighted by Gasteiger charge is 2.41. The summed E-state index contributed by atoms with van der Waals surface area (Å²) in [4.78, 5) is 15.4. The fraction of sp³-hybridized carbons (Fsp3) is 0.619. The maximum Gasteiger partial charge on any atom is 0.247 e. The molecule has 2 atom stereocenters. The van der Waals surface area contributed by atoms with Gasteiger partial charge in [-0.2, -0.15) is 5.10 Å². The molecular formula is C21H29N3O. The second-order valence-corrected chi connectivity index (χ2v) is 7.91. The number of amides is 1. The van der Waals surface area contributed by atoms with Gasteiger partial charge in [0.05, 0.1) is 12.4 Å². The number of carbonyl (C=O) groups excluding carboxylic acids is 1. The SMILES string of the molecule is Cc1ccc(C2=NN(CN3CCCCC3)C(=O)C3CCCCC23)cc1. The van der Waals surface area contributed by atoms with E-state index in [4.69, 9.17) is 5.10 Å². The van der Waals surface area contributed by atoms with Crippen LogP contribution in [0.2, 0.25) is 0 Å². The van der Waals surface area contributed by atoms with Crippen molar-refractivity contribution >= 4 is 11.6 Å². The number of carbonyl (C=O) groups is 1. The molecule has 1 saturated heterocycles. The number of hydrazone groups is 1. The first-order valence-electron chi connectivity index (χ1n) is 9.91. The molecule has 0 radical (unpaired) electrons. The smallest absolute Gasteiger partial charge is 0.247 e. The number of nitrogens with zero attached hydrogens (tertiary/aromatic N) is 3. The van der Waals surface area contributed by atoms with E-state index in [2.05, 4.69) is 36.1 Å². The summed E-state index contributed by atoms with van der Waals surface area (Å²) in [7, 11) is 0. The van der Waals surface area contributed by atoms with Crippen LogP contribution in [0.4, 0.5) is 0 Å². The first-order chi connectivity index (χ1) is 12.2. The Morgan fingerprint density at radius 3 is 2.36 bits per heavy atom. The molecule has 1 amide bonds. The second-order valence-electron chi connectivity index (χ2n) is 7.91. The lowest BCUT2D eigenvalue weighted by molar-refractivity contribution is -0.141. The van der Waals surface area contributed by atoms with Crippen molar-refractivity contribution in [1.29, 1.82) is 0 Å². The summed E-state index contributed by atoms with van der Waals surface area (Å²) in [5.41, 5.74) is 3.60. The third-order valence-electron chi connectivity index (χ3n) is 6.05. The lowest BCUT2D eigenvalue weighted by Crippen LogP contribution is -2.50. The van der Waals surface area contributed by atoms with Crippen molar-refractivity contribution in [2.24, 2.45) is 16.9 Å². The second kappa shape index (κ2) is 7.28. The van der Waals surface area contributed by atoms with Gasteiger partial charge in [-0.1, -0.05) is 49.1 Å². The molecule has 1 aromatic rings. The zero-order valence-corrected chi connectivity index (χ0v) is 15.3. The van der Waals surface area contributed by atoms with Gasteiger partial charge in [0, 0.05) is 11.8 Å². The maximum absolute atomic E-state index is 13.1. The molecule has 0 bridgehead atoms. The van der Waals surface area contributed by atoms with E-state index >= 15 is 0 Å². The van der Waals surface area contributed by atoms with E-state index in [0.717, 1.165) is 31.6 Å². The number of benzene rings is 1. The highest BCUT2D eigenvalue weighted by atomic mass is 16.2. The molecule has 4 rings (SSSR count). The molecule has 3 aliphatic rings. The van der Waals surface area contributed by atoms with Crippen LogP contribution < -0.4 is 0 Å². The van der Waals surface area contributed by atoms with Gasteiger partial charge >= 0.3 is 0 Å². The van der Waals surface area contributed by atoms with Gasteiger partial charge in [-0.15, -0.1) is 0 Å². The Morgan fingerprint density at radius 2 is 1.64 bits per heavy atom. The lowest BCUT2D eigenvalue weighted by Gasteiger charge is -2.40. The van der Waals surface area contributed by atoms with Crippen molar-refractivity contribution < 1.29 is 4.79 Å². The van der Waals surface area contributed by atoms with Gasteiger partial charge in [0.1, 0.15) is 0 Å². The number of piperidine rings is 1. The number of likely N-dealkylation sites (tertiary alicyclic amines) is 1. The number of hydrogen-bond donors (Lipinski definition) is 0. The van der Waals surface area contributed by atoms with Crippen LogP contribution in [0.15, 0.2) is 29.4 Å². The number of aryl methyl sites for hydroxylation is 1. The fourth-order valence-electron chi connectivity index (χ4n) is 4.59. The van der Waals surface area contributed by atoms with E-state index in [1.54, 1.807) is 5.01 Å². The number of fused-ring (bicyclic) bond motifs is 1. The Hall–Kier alpha value is -1.68. The van der Waals surface area contributed by atoms with Gasteiger partial charge in [0.25, 0.3) is 0 Å². The van der Waals surface area contributed by atoms with E-state index in [-0.39, 0.29) is 11.8 Å². The standard InChI is InChI=1S/C21H29N3O/c1-16-9-11-17(12-10-16)20-18-7-3-4-8-19(18)21(25)24(22-20)15-23-13-5-2-6-14-23/h9-12,18-19H,2-8,13-15H2,1H3. The molecule has 4 heteroatoms. The molecule has 1 aliphatic carbocycles. The first-order valence-corrected chi connectivity index (χ1v) is 9.91. The molecule has 2 aliphatic heterocycles. The van der Waals surface area contributed by atoms with Gasteiger partial charge in [-0.25, -0.2) is 5.01 Å². The van der Waals surface area contributed by atoms with Crippen molar-refractivity contribution in [3.05, 3.63) is 35.4 Å². The number of rotatable bonds is 3. The minimum atomic E-state index is 0.132. The van der Waals surface area contributed by atoms with Crippen LogP contribution in [-0.2, 0) is 4.79 Å². The summed E-state index contributed by atoms with van der Waals surface area (Å²) in [5.74, 6) is 0.694. The molecular weight excluding hydrogens is 310 g/mol. The molecule has 2 heterocycles. The average molecular weight is 339 g/mol. The monoisotopic (exact) mass is 339 g/mol. The summed E-state index contributed by atoms with van der Waals surface area (Å²) >= 11 is 0. The average Bonchev–Trinajstić information content (AvgIpc) is 2.66. The summed E-state index contributed by atoms with van der Waals surface area (Å²) in [6.07, 6.45) is 8.29. The highest BCUT2D eigenvalue weighted by Crippen LogP contribution is 2.37. The molecule has 2 unspecified atom stereocenters. The third-order valence-corrected chi connectivity index (χ3v) is 6.05. The molecule has 0 aromatic heterocycles. The van der Waals surface area contributed by atoms with Crippen LogP contribution in [0.25, 0.3) is 0 Å². The molecule has 0 spiro atoms. The molecule has 1 saturated carbocycles. The van der Waals surface area contributed by atoms with Gasteiger partial charge < -0.3 is 0 Å². The Balaban J connectivity index is 1.64. The normalized spacial score (nSPS) is 27.8. The van der Waals surface area contributed by atoms with Crippen LogP contribution >= 0.6 is 0 Å². The summed E-state index contributed by atoms with van der Waals surface area (Å²) in [6, 6.07) is 8.66. The minimum Gasteiger partial charge on any atom is -0.284 e. The molecule has 1 aromatic carbocycles. The topological polar surface area (TPSA) is 35.9 Å². The van der Waals surface area contributed by atoms with Crippen LogP contribution in [0.5, 0.6) is 0 Å². The zero-order chi connectivity index (χ0) is 17.2. The van der Waals surface area contributed by atoms with Gasteiger partial charge in [0.2, 0.25) is 5.91 Å². The Labute approximate surface area is 150 Å². The predicted molar refractivity (Wildman–Crippen MR) is 100 cm³/mol. The van der Waals surface area contributed by atoms with E-state index < -0.39 is 0 Å². The Bertz CT molecular complexity index is 646. The Kier molecular flexibility index (Phi) is 4.89. The van der Waals surface area contributed by atoms with Gasteiger partial charge in [-0.3, -0.25) is 9.69 Å². The molecule has 2 fully saturated rings. The van der Waals surface area contributed by atoms with Crippen molar-refractivity contribution in [2.75, 3.05) is 19.8 Å². The van der Waals surface area contributed by atoms with Crippen LogP contribution in [0.1, 0.15) is 56.1 Å². The van der Waals surface area contributed by atoms with Crippen molar-refractivity contribution in [1.82, 2.24) is 9.91 Å². The summed E-state index contributed by atoms with van der Waals surface area (Å²) in [6.45, 7) is 4.96. The first kappa shape index (κ1) is 16.8. The maximum atomic E-state index is 13.1. The van der Waals surface area contributed by atoms with Crippen molar-refractivity contribution in [2.45, 2.75) is 51.9 Å². The molecule has 0 N–H and O–H groups in total. The van der Waals surface area contributed by atoms with E-state index in [0.29, 0.717) is 12.6 Å². The number of hydrogen-bond acceptors (Lipinski definition) is 3. The summed E-state index contributed by atoms with van der Waals surface area (Å²) < 4.78 is 0. The van der Waals surface area contributed by atoms with Gasteiger partial charge in [0.15, 0.2) is 0 Å². The third kappa shape index (κ3) is 3.50. The van der Waals surface area contributed by atoms with Crippen LogP contribution in [0.3, 0.4) is 0 Å². The van der Waals surface area contributed by atoms with Crippen LogP contribution in [0, 0.1) is 18.8 Å². The van der Waals surface area contributed by atoms with Gasteiger partial charge in [-0.05, 0) is 51.3 Å². The minimum absolute atomic E-state index is 0.132. The van der Waals surface area contributed by atoms with E-state index in [1.165, 1.54) is 43.2 Å². The van der Waals surface area contributed by atoms with E-state index in [1.807, 2.05) is 0 Å². The van der Waals surface area contributed by atoms with Crippen molar-refractivity contribution in [3.63, 3.8) is 0 Å².